The van der Waals surface area contributed by atoms with Gasteiger partial charge in [0.15, 0.2) is 0 Å². The average molecular weight is 227 g/mol. The fourth-order valence-corrected chi connectivity index (χ4v) is 1.25. The first kappa shape index (κ1) is 13.2. The van der Waals surface area contributed by atoms with Crippen LogP contribution in [0.2, 0.25) is 0 Å². The van der Waals surface area contributed by atoms with Crippen LogP contribution in [0.1, 0.15) is 19.7 Å². The number of rotatable bonds is 8. The Morgan fingerprint density at radius 1 is 1.50 bits per heavy atom. The largest absolute Gasteiger partial charge is 0.389 e. The molecule has 5 heteroatoms. The third-order valence-electron chi connectivity index (χ3n) is 1.99. The van der Waals surface area contributed by atoms with Crippen LogP contribution in [0.15, 0.2) is 12.4 Å². The molecule has 1 unspecified atom stereocenters. The number of nitrogens with zero attached hydrogens (tertiary/aromatic N) is 1. The zero-order chi connectivity index (χ0) is 11.8. The van der Waals surface area contributed by atoms with Gasteiger partial charge in [0.2, 0.25) is 0 Å². The zero-order valence-electron chi connectivity index (χ0n) is 9.94. The molecular formula is C11H21N3O2. The monoisotopic (exact) mass is 227 g/mol. The number of aliphatic hydroxyl groups is 1. The summed E-state index contributed by atoms with van der Waals surface area (Å²) in [6, 6.07) is 0. The third kappa shape index (κ3) is 5.85. The Balaban J connectivity index is 2.00. The summed E-state index contributed by atoms with van der Waals surface area (Å²) in [5.74, 6) is 1.37. The van der Waals surface area contributed by atoms with Gasteiger partial charge in [0.05, 0.1) is 19.3 Å². The van der Waals surface area contributed by atoms with Gasteiger partial charge in [-0.15, -0.1) is 0 Å². The second-order valence-electron chi connectivity index (χ2n) is 4.25. The van der Waals surface area contributed by atoms with Crippen molar-refractivity contribution >= 4 is 0 Å². The average Bonchev–Trinajstić information content (AvgIpc) is 2.70. The van der Waals surface area contributed by atoms with Crippen LogP contribution in [-0.2, 0) is 11.3 Å². The van der Waals surface area contributed by atoms with Crippen molar-refractivity contribution in [2.45, 2.75) is 26.5 Å². The molecule has 0 spiro atoms. The van der Waals surface area contributed by atoms with E-state index in [2.05, 4.69) is 29.1 Å². The fraction of sp³-hybridized carbons (Fsp3) is 0.727. The van der Waals surface area contributed by atoms with E-state index in [-0.39, 0.29) is 0 Å². The van der Waals surface area contributed by atoms with Crippen molar-refractivity contribution in [2.75, 3.05) is 19.8 Å². The molecule has 0 radical (unpaired) electrons. The van der Waals surface area contributed by atoms with Crippen molar-refractivity contribution in [1.29, 1.82) is 0 Å². The van der Waals surface area contributed by atoms with Gasteiger partial charge in [0, 0.05) is 25.5 Å². The van der Waals surface area contributed by atoms with E-state index in [9.17, 15) is 5.11 Å². The molecule has 5 nitrogen and oxygen atoms in total. The molecule has 92 valence electrons. The van der Waals surface area contributed by atoms with Crippen LogP contribution in [-0.4, -0.2) is 40.9 Å². The maximum Gasteiger partial charge on any atom is 0.120 e. The number of hydrogen-bond donors (Lipinski definition) is 3. The molecule has 0 aliphatic heterocycles. The number of hydrogen-bond acceptors (Lipinski definition) is 4. The smallest absolute Gasteiger partial charge is 0.120 e. The van der Waals surface area contributed by atoms with E-state index in [1.165, 1.54) is 0 Å². The van der Waals surface area contributed by atoms with Crippen LogP contribution in [0.3, 0.4) is 0 Å². The van der Waals surface area contributed by atoms with Crippen LogP contribution in [0.5, 0.6) is 0 Å². The summed E-state index contributed by atoms with van der Waals surface area (Å²) in [5, 5.41) is 12.7. The highest BCUT2D eigenvalue weighted by Crippen LogP contribution is 1.94. The first-order chi connectivity index (χ1) is 7.68. The topological polar surface area (TPSA) is 70.2 Å². The zero-order valence-corrected chi connectivity index (χ0v) is 9.94. The predicted molar refractivity (Wildman–Crippen MR) is 62.0 cm³/mol. The number of nitrogens with one attached hydrogen (secondary N) is 2. The summed E-state index contributed by atoms with van der Waals surface area (Å²) < 4.78 is 5.33. The standard InChI is InChI=1S/C11H21N3O2/c1-9(2)7-16-8-10(15)5-12-6-11-13-3-4-14-11/h3-4,9-10,12,15H,5-8H2,1-2H3,(H,13,14). The maximum absolute atomic E-state index is 9.57. The van der Waals surface area contributed by atoms with E-state index in [0.29, 0.717) is 32.2 Å². The van der Waals surface area contributed by atoms with E-state index in [4.69, 9.17) is 4.74 Å². The minimum atomic E-state index is -0.464. The quantitative estimate of drug-likeness (QED) is 0.606. The molecule has 0 aromatic carbocycles. The van der Waals surface area contributed by atoms with Crippen molar-refractivity contribution in [1.82, 2.24) is 15.3 Å². The highest BCUT2D eigenvalue weighted by molar-refractivity contribution is 4.85. The van der Waals surface area contributed by atoms with Gasteiger partial charge in [-0.1, -0.05) is 13.8 Å². The summed E-state index contributed by atoms with van der Waals surface area (Å²) >= 11 is 0. The fourth-order valence-electron chi connectivity index (χ4n) is 1.25. The van der Waals surface area contributed by atoms with Gasteiger partial charge in [0.1, 0.15) is 5.82 Å². The van der Waals surface area contributed by atoms with Gasteiger partial charge in [-0.3, -0.25) is 0 Å². The number of aromatic amines is 1. The molecule has 0 amide bonds. The molecule has 16 heavy (non-hydrogen) atoms. The summed E-state index contributed by atoms with van der Waals surface area (Å²) in [6.45, 7) is 6.38. The molecule has 1 aromatic heterocycles. The Bertz CT molecular complexity index is 262. The number of aliphatic hydroxyl groups excluding tert-OH is 1. The third-order valence-corrected chi connectivity index (χ3v) is 1.99. The van der Waals surface area contributed by atoms with Crippen molar-refractivity contribution in [3.8, 4) is 0 Å². The highest BCUT2D eigenvalue weighted by atomic mass is 16.5. The van der Waals surface area contributed by atoms with Crippen LogP contribution in [0, 0.1) is 5.92 Å². The summed E-state index contributed by atoms with van der Waals surface area (Å²) in [5.41, 5.74) is 0. The summed E-state index contributed by atoms with van der Waals surface area (Å²) in [4.78, 5) is 7.05. The lowest BCUT2D eigenvalue weighted by molar-refractivity contribution is 0.0260. The number of ether oxygens (including phenoxy) is 1. The van der Waals surface area contributed by atoms with Crippen molar-refractivity contribution in [3.63, 3.8) is 0 Å². The van der Waals surface area contributed by atoms with E-state index in [1.54, 1.807) is 12.4 Å². The molecule has 0 saturated carbocycles. The Kier molecular flexibility index (Phi) is 6.07. The van der Waals surface area contributed by atoms with E-state index >= 15 is 0 Å². The number of imidazole rings is 1. The summed E-state index contributed by atoms with van der Waals surface area (Å²) in [7, 11) is 0. The van der Waals surface area contributed by atoms with Crippen molar-refractivity contribution in [2.24, 2.45) is 5.92 Å². The first-order valence-corrected chi connectivity index (χ1v) is 5.63. The van der Waals surface area contributed by atoms with Crippen LogP contribution in [0.4, 0.5) is 0 Å². The van der Waals surface area contributed by atoms with Crippen LogP contribution >= 0.6 is 0 Å². The molecule has 0 aliphatic carbocycles. The van der Waals surface area contributed by atoms with Gasteiger partial charge in [-0.25, -0.2) is 4.98 Å². The molecule has 0 fully saturated rings. The molecule has 1 heterocycles. The molecule has 1 atom stereocenters. The molecule has 1 aromatic rings. The Labute approximate surface area is 96.2 Å². The number of H-pyrrole nitrogens is 1. The Morgan fingerprint density at radius 2 is 2.31 bits per heavy atom. The van der Waals surface area contributed by atoms with Gasteiger partial charge >= 0.3 is 0 Å². The van der Waals surface area contributed by atoms with Crippen molar-refractivity contribution in [3.05, 3.63) is 18.2 Å². The SMILES string of the molecule is CC(C)COCC(O)CNCc1ncc[nH]1. The summed E-state index contributed by atoms with van der Waals surface area (Å²) in [6.07, 6.45) is 3.02. The molecule has 3 N–H and O–H groups in total. The second kappa shape index (κ2) is 7.38. The Morgan fingerprint density at radius 3 is 2.94 bits per heavy atom. The van der Waals surface area contributed by atoms with E-state index in [1.807, 2.05) is 0 Å². The minimum absolute atomic E-state index is 0.378. The maximum atomic E-state index is 9.57. The first-order valence-electron chi connectivity index (χ1n) is 5.63. The van der Waals surface area contributed by atoms with Crippen LogP contribution in [0.25, 0.3) is 0 Å². The van der Waals surface area contributed by atoms with Gasteiger partial charge < -0.3 is 20.1 Å². The van der Waals surface area contributed by atoms with Gasteiger partial charge in [-0.2, -0.15) is 0 Å². The highest BCUT2D eigenvalue weighted by Gasteiger charge is 2.04. The molecule has 0 bridgehead atoms. The lowest BCUT2D eigenvalue weighted by Gasteiger charge is -2.12. The molecule has 0 saturated heterocycles. The van der Waals surface area contributed by atoms with Crippen LogP contribution < -0.4 is 5.32 Å². The van der Waals surface area contributed by atoms with Gasteiger partial charge in [0.25, 0.3) is 0 Å². The second-order valence-corrected chi connectivity index (χ2v) is 4.25. The number of aromatic nitrogens is 2. The predicted octanol–water partition coefficient (Wildman–Crippen LogP) is 0.533. The lowest BCUT2D eigenvalue weighted by Crippen LogP contribution is -2.30. The normalized spacial score (nSPS) is 13.2. The van der Waals surface area contributed by atoms with E-state index < -0.39 is 6.10 Å². The minimum Gasteiger partial charge on any atom is -0.389 e. The molecule has 1 rings (SSSR count). The van der Waals surface area contributed by atoms with Gasteiger partial charge in [-0.05, 0) is 5.92 Å². The van der Waals surface area contributed by atoms with E-state index in [0.717, 1.165) is 5.82 Å². The van der Waals surface area contributed by atoms with Crippen molar-refractivity contribution < 1.29 is 9.84 Å². The molecule has 0 aliphatic rings. The lowest BCUT2D eigenvalue weighted by atomic mass is 10.2. The Hall–Kier alpha value is -0.910. The molecular weight excluding hydrogens is 206 g/mol.